The highest BCUT2D eigenvalue weighted by Crippen LogP contribution is 2.40. The molecule has 0 aromatic carbocycles. The number of aromatic nitrogens is 5. The van der Waals surface area contributed by atoms with Gasteiger partial charge in [0.15, 0.2) is 5.65 Å². The smallest absolute Gasteiger partial charge is 0.371 e. The van der Waals surface area contributed by atoms with E-state index in [0.29, 0.717) is 49.1 Å². The Labute approximate surface area is 179 Å². The number of pyridine rings is 1. The third-order valence-electron chi connectivity index (χ3n) is 6.21. The van der Waals surface area contributed by atoms with Crippen molar-refractivity contribution in [3.8, 4) is 0 Å². The monoisotopic (exact) mass is 453 g/mol. The van der Waals surface area contributed by atoms with Crippen LogP contribution in [-0.2, 0) is 12.7 Å². The molecule has 2 aliphatic rings. The minimum Gasteiger partial charge on any atom is -0.371 e. The lowest BCUT2D eigenvalue weighted by Gasteiger charge is -2.36. The first-order chi connectivity index (χ1) is 15.3. The molecule has 0 amide bonds. The molecule has 1 unspecified atom stereocenters. The molecule has 0 bridgehead atoms. The largest absolute Gasteiger partial charge is 0.419 e. The molecule has 0 aliphatic carbocycles. The molecule has 3 aromatic rings. The lowest BCUT2D eigenvalue weighted by Crippen LogP contribution is -2.40. The van der Waals surface area contributed by atoms with Gasteiger partial charge in [0.25, 0.3) is 6.43 Å². The molecule has 2 fully saturated rings. The van der Waals surface area contributed by atoms with E-state index in [0.717, 1.165) is 17.3 Å². The second kappa shape index (κ2) is 7.82. The van der Waals surface area contributed by atoms with Crippen LogP contribution in [0.25, 0.3) is 11.2 Å². The fraction of sp³-hybridized carbons (Fsp3) is 0.500. The Kier molecular flexibility index (Phi) is 5.09. The number of rotatable bonds is 4. The lowest BCUT2D eigenvalue weighted by molar-refractivity contribution is -0.137. The van der Waals surface area contributed by atoms with Crippen molar-refractivity contribution in [1.29, 1.82) is 0 Å². The van der Waals surface area contributed by atoms with Crippen molar-refractivity contribution in [3.63, 3.8) is 0 Å². The van der Waals surface area contributed by atoms with Gasteiger partial charge in [0.1, 0.15) is 17.9 Å². The fourth-order valence-electron chi connectivity index (χ4n) is 4.71. The Balaban J connectivity index is 1.35. The molecule has 3 aromatic heterocycles. The summed E-state index contributed by atoms with van der Waals surface area (Å²) in [5, 5.41) is 3.94. The predicted molar refractivity (Wildman–Crippen MR) is 107 cm³/mol. The van der Waals surface area contributed by atoms with Crippen LogP contribution in [0.4, 0.5) is 33.5 Å². The van der Waals surface area contributed by atoms with Gasteiger partial charge in [-0.3, -0.25) is 4.98 Å². The van der Waals surface area contributed by atoms with Crippen molar-refractivity contribution >= 4 is 22.7 Å². The van der Waals surface area contributed by atoms with E-state index in [1.807, 2.05) is 4.90 Å². The summed E-state index contributed by atoms with van der Waals surface area (Å²) in [5.74, 6) is 1.03. The van der Waals surface area contributed by atoms with E-state index in [9.17, 15) is 22.0 Å². The highest BCUT2D eigenvalue weighted by atomic mass is 19.4. The maximum Gasteiger partial charge on any atom is 0.419 e. The molecule has 32 heavy (non-hydrogen) atoms. The SMILES string of the molecule is FC(F)Cn1ncc2ncc(N3CC4CCN(c5ccncc5C(F)(F)F)C[C@@H]4C3)nc21. The Morgan fingerprint density at radius 3 is 2.59 bits per heavy atom. The Bertz CT molecular complexity index is 1120. The molecule has 5 rings (SSSR count). The van der Waals surface area contributed by atoms with E-state index >= 15 is 0 Å². The third-order valence-corrected chi connectivity index (χ3v) is 6.21. The quantitative estimate of drug-likeness (QED) is 0.564. The van der Waals surface area contributed by atoms with Crippen LogP contribution < -0.4 is 9.80 Å². The van der Waals surface area contributed by atoms with E-state index in [4.69, 9.17) is 0 Å². The molecule has 12 heteroatoms. The van der Waals surface area contributed by atoms with Crippen molar-refractivity contribution in [2.45, 2.75) is 25.6 Å². The average Bonchev–Trinajstić information content (AvgIpc) is 3.36. The highest BCUT2D eigenvalue weighted by molar-refractivity contribution is 5.71. The number of hydrogen-bond acceptors (Lipinski definition) is 6. The van der Waals surface area contributed by atoms with Gasteiger partial charge in [-0.15, -0.1) is 0 Å². The van der Waals surface area contributed by atoms with Crippen LogP contribution in [0.5, 0.6) is 0 Å². The van der Waals surface area contributed by atoms with Crippen LogP contribution >= 0.6 is 0 Å². The first-order valence-corrected chi connectivity index (χ1v) is 10.3. The molecular weight excluding hydrogens is 433 g/mol. The number of hydrogen-bond donors (Lipinski definition) is 0. The molecule has 7 nitrogen and oxygen atoms in total. The highest BCUT2D eigenvalue weighted by Gasteiger charge is 2.41. The van der Waals surface area contributed by atoms with Gasteiger partial charge < -0.3 is 9.80 Å². The van der Waals surface area contributed by atoms with Gasteiger partial charge >= 0.3 is 6.18 Å². The van der Waals surface area contributed by atoms with Crippen molar-refractivity contribution < 1.29 is 22.0 Å². The zero-order valence-electron chi connectivity index (χ0n) is 16.9. The summed E-state index contributed by atoms with van der Waals surface area (Å²) in [5.41, 5.74) is 0.166. The molecule has 0 saturated carbocycles. The number of anilines is 2. The summed E-state index contributed by atoms with van der Waals surface area (Å²) in [4.78, 5) is 16.3. The maximum absolute atomic E-state index is 13.4. The summed E-state index contributed by atoms with van der Waals surface area (Å²) >= 11 is 0. The van der Waals surface area contributed by atoms with Gasteiger partial charge in [-0.25, -0.2) is 23.4 Å². The fourth-order valence-corrected chi connectivity index (χ4v) is 4.71. The third kappa shape index (κ3) is 3.82. The first kappa shape index (κ1) is 20.8. The first-order valence-electron chi connectivity index (χ1n) is 10.3. The van der Waals surface area contributed by atoms with Crippen molar-refractivity contribution in [1.82, 2.24) is 24.7 Å². The van der Waals surface area contributed by atoms with Crippen molar-refractivity contribution in [2.75, 3.05) is 36.0 Å². The maximum atomic E-state index is 13.4. The zero-order valence-corrected chi connectivity index (χ0v) is 16.9. The summed E-state index contributed by atoms with van der Waals surface area (Å²) in [7, 11) is 0. The molecule has 0 N–H and O–H groups in total. The molecule has 2 atom stereocenters. The molecule has 5 heterocycles. The minimum absolute atomic E-state index is 0.154. The second-order valence-electron chi connectivity index (χ2n) is 8.21. The molecule has 0 radical (unpaired) electrons. The van der Waals surface area contributed by atoms with Gasteiger partial charge in [-0.2, -0.15) is 18.3 Å². The predicted octanol–water partition coefficient (Wildman–Crippen LogP) is 3.47. The van der Waals surface area contributed by atoms with Crippen LogP contribution in [-0.4, -0.2) is 57.3 Å². The Hall–Kier alpha value is -3.05. The molecule has 2 saturated heterocycles. The molecule has 0 spiro atoms. The zero-order chi connectivity index (χ0) is 22.5. The second-order valence-corrected chi connectivity index (χ2v) is 8.21. The van der Waals surface area contributed by atoms with Crippen molar-refractivity contribution in [2.24, 2.45) is 11.8 Å². The van der Waals surface area contributed by atoms with E-state index in [2.05, 4.69) is 20.1 Å². The Morgan fingerprint density at radius 1 is 1.03 bits per heavy atom. The van der Waals surface area contributed by atoms with Crippen LogP contribution in [0.15, 0.2) is 30.9 Å². The topological polar surface area (TPSA) is 63.0 Å². The summed E-state index contributed by atoms with van der Waals surface area (Å²) in [6.07, 6.45) is -1.02. The van der Waals surface area contributed by atoms with Gasteiger partial charge in [0.2, 0.25) is 0 Å². The van der Waals surface area contributed by atoms with Crippen molar-refractivity contribution in [3.05, 3.63) is 36.4 Å². The van der Waals surface area contributed by atoms with Gasteiger partial charge in [-0.1, -0.05) is 0 Å². The minimum atomic E-state index is -4.46. The number of fused-ring (bicyclic) bond motifs is 2. The summed E-state index contributed by atoms with van der Waals surface area (Å²) < 4.78 is 67.0. The number of nitrogens with zero attached hydrogens (tertiary/aromatic N) is 7. The van der Waals surface area contributed by atoms with Gasteiger partial charge in [-0.05, 0) is 24.3 Å². The van der Waals surface area contributed by atoms with Crippen LogP contribution in [0, 0.1) is 11.8 Å². The Morgan fingerprint density at radius 2 is 1.81 bits per heavy atom. The average molecular weight is 453 g/mol. The van der Waals surface area contributed by atoms with Crippen LogP contribution in [0.1, 0.15) is 12.0 Å². The van der Waals surface area contributed by atoms with E-state index in [-0.39, 0.29) is 11.6 Å². The summed E-state index contributed by atoms with van der Waals surface area (Å²) in [6, 6.07) is 1.42. The van der Waals surface area contributed by atoms with Gasteiger partial charge in [0.05, 0.1) is 23.6 Å². The van der Waals surface area contributed by atoms with E-state index < -0.39 is 24.7 Å². The molecular formula is C20H20F5N7. The number of alkyl halides is 5. The van der Waals surface area contributed by atoms with Crippen LogP contribution in [0.2, 0.25) is 0 Å². The van der Waals surface area contributed by atoms with Crippen LogP contribution in [0.3, 0.4) is 0 Å². The summed E-state index contributed by atoms with van der Waals surface area (Å²) in [6.45, 7) is 1.76. The van der Waals surface area contributed by atoms with E-state index in [1.54, 1.807) is 11.1 Å². The number of halogens is 5. The molecule has 2 aliphatic heterocycles. The normalized spacial score (nSPS) is 21.6. The standard InChI is InChI=1S/C20H20F5N7/c21-17(22)11-32-19-15(6-28-32)27-7-18(29-19)31-8-12-2-4-30(9-13(12)10-31)16-1-3-26-5-14(16)20(23,24)25/h1,3,5-7,12-13,17H,2,4,8-11H2/t12?,13-/m1/s1. The molecule has 170 valence electrons. The lowest BCUT2D eigenvalue weighted by atomic mass is 9.88. The number of piperidine rings is 1. The van der Waals surface area contributed by atoms with E-state index in [1.165, 1.54) is 18.5 Å². The van der Waals surface area contributed by atoms with Gasteiger partial charge in [0, 0.05) is 38.6 Å².